The molecule has 4 aromatic rings. The summed E-state index contributed by atoms with van der Waals surface area (Å²) < 4.78 is 7.04. The van der Waals surface area contributed by atoms with E-state index in [2.05, 4.69) is 15.1 Å². The first-order valence-corrected chi connectivity index (χ1v) is 8.85. The van der Waals surface area contributed by atoms with Crippen LogP contribution in [0.1, 0.15) is 23.0 Å². The van der Waals surface area contributed by atoms with E-state index in [-0.39, 0.29) is 5.75 Å². The number of carbonyl (C=O) groups excluding carboxylic acids is 1. The summed E-state index contributed by atoms with van der Waals surface area (Å²) in [5, 5.41) is 16.0. The van der Waals surface area contributed by atoms with Crippen molar-refractivity contribution in [1.82, 2.24) is 19.7 Å². The number of aryl methyl sites for hydroxylation is 1. The number of aromatic nitrogens is 4. The fourth-order valence-electron chi connectivity index (χ4n) is 3.13. The van der Waals surface area contributed by atoms with Crippen molar-refractivity contribution in [3.05, 3.63) is 59.9 Å². The van der Waals surface area contributed by atoms with Crippen LogP contribution in [0.15, 0.2) is 48.7 Å². The molecule has 7 nitrogen and oxygen atoms in total. The summed E-state index contributed by atoms with van der Waals surface area (Å²) in [5.41, 5.74) is 2.89. The molecule has 1 N–H and O–H groups in total. The van der Waals surface area contributed by atoms with Crippen LogP contribution in [0.5, 0.6) is 11.6 Å². The lowest BCUT2D eigenvalue weighted by atomic mass is 10.0. The minimum absolute atomic E-state index is 0.0674. The van der Waals surface area contributed by atoms with Crippen LogP contribution in [0.25, 0.3) is 28.0 Å². The minimum atomic E-state index is 0.0674. The van der Waals surface area contributed by atoms with Gasteiger partial charge in [-0.2, -0.15) is 14.8 Å². The molecule has 0 amide bonds. The molecule has 0 aliphatic heterocycles. The van der Waals surface area contributed by atoms with Gasteiger partial charge in [0.1, 0.15) is 12.0 Å². The van der Waals surface area contributed by atoms with E-state index in [0.717, 1.165) is 6.29 Å². The van der Waals surface area contributed by atoms with Crippen molar-refractivity contribution in [3.63, 3.8) is 0 Å². The molecule has 28 heavy (non-hydrogen) atoms. The summed E-state index contributed by atoms with van der Waals surface area (Å²) in [7, 11) is 0. The third-order valence-corrected chi connectivity index (χ3v) is 4.40. The first kappa shape index (κ1) is 17.7. The first-order chi connectivity index (χ1) is 13.6. The molecule has 0 aliphatic rings. The molecule has 0 fully saturated rings. The number of aldehydes is 1. The van der Waals surface area contributed by atoms with Crippen LogP contribution >= 0.6 is 0 Å². The topological polar surface area (TPSA) is 90.1 Å². The monoisotopic (exact) mass is 374 g/mol. The maximum atomic E-state index is 11.1. The Morgan fingerprint density at radius 1 is 1.21 bits per heavy atom. The van der Waals surface area contributed by atoms with Gasteiger partial charge in [-0.05, 0) is 31.5 Å². The third-order valence-electron chi connectivity index (χ3n) is 4.40. The van der Waals surface area contributed by atoms with E-state index in [1.165, 1.54) is 0 Å². The number of hydrogen-bond donors (Lipinski definition) is 1. The molecule has 0 atom stereocenters. The molecule has 0 saturated carbocycles. The van der Waals surface area contributed by atoms with E-state index in [4.69, 9.17) is 4.74 Å². The lowest BCUT2D eigenvalue weighted by Crippen LogP contribution is -2.03. The first-order valence-electron chi connectivity index (χ1n) is 8.85. The Bertz CT molecular complexity index is 1180. The molecule has 7 heteroatoms. The second kappa shape index (κ2) is 7.11. The van der Waals surface area contributed by atoms with Gasteiger partial charge in [0.05, 0.1) is 17.7 Å². The zero-order valence-corrected chi connectivity index (χ0v) is 15.5. The molecule has 0 radical (unpaired) electrons. The number of rotatable bonds is 5. The lowest BCUT2D eigenvalue weighted by Gasteiger charge is -2.08. The fraction of sp³-hybridized carbons (Fsp3) is 0.143. The van der Waals surface area contributed by atoms with Crippen molar-refractivity contribution in [2.75, 3.05) is 6.61 Å². The van der Waals surface area contributed by atoms with E-state index >= 15 is 0 Å². The molecule has 0 aliphatic carbocycles. The van der Waals surface area contributed by atoms with Gasteiger partial charge in [0.15, 0.2) is 11.5 Å². The highest BCUT2D eigenvalue weighted by Crippen LogP contribution is 2.37. The summed E-state index contributed by atoms with van der Waals surface area (Å²) >= 11 is 0. The summed E-state index contributed by atoms with van der Waals surface area (Å²) in [6.07, 6.45) is 2.35. The molecule has 0 unspecified atom stereocenters. The van der Waals surface area contributed by atoms with Crippen LogP contribution in [0, 0.1) is 6.92 Å². The van der Waals surface area contributed by atoms with Crippen LogP contribution in [0.2, 0.25) is 0 Å². The Balaban J connectivity index is 1.88. The Kier molecular flexibility index (Phi) is 4.49. The zero-order chi connectivity index (χ0) is 19.7. The number of carbonyl (C=O) groups is 1. The van der Waals surface area contributed by atoms with Gasteiger partial charge in [-0.25, -0.2) is 4.98 Å². The molecule has 140 valence electrons. The second-order valence-corrected chi connectivity index (χ2v) is 6.23. The fourth-order valence-corrected chi connectivity index (χ4v) is 3.13. The van der Waals surface area contributed by atoms with Gasteiger partial charge in [-0.3, -0.25) is 4.79 Å². The van der Waals surface area contributed by atoms with Crippen molar-refractivity contribution >= 4 is 17.3 Å². The Hall–Kier alpha value is -3.74. The molecule has 3 aromatic heterocycles. The summed E-state index contributed by atoms with van der Waals surface area (Å²) in [4.78, 5) is 20.0. The van der Waals surface area contributed by atoms with Crippen LogP contribution in [-0.2, 0) is 0 Å². The number of benzene rings is 1. The molecular weight excluding hydrogens is 356 g/mol. The van der Waals surface area contributed by atoms with Gasteiger partial charge in [-0.1, -0.05) is 24.3 Å². The highest BCUT2D eigenvalue weighted by molar-refractivity contribution is 5.93. The van der Waals surface area contributed by atoms with E-state index in [9.17, 15) is 9.90 Å². The van der Waals surface area contributed by atoms with Gasteiger partial charge in [-0.15, -0.1) is 0 Å². The number of nitrogens with zero attached hydrogens (tertiary/aromatic N) is 4. The maximum absolute atomic E-state index is 11.1. The molecular formula is C21H18N4O3. The van der Waals surface area contributed by atoms with Crippen LogP contribution in [-0.4, -0.2) is 37.7 Å². The summed E-state index contributed by atoms with van der Waals surface area (Å²) in [6, 6.07) is 12.4. The average Bonchev–Trinajstić information content (AvgIpc) is 3.06. The van der Waals surface area contributed by atoms with Gasteiger partial charge < -0.3 is 9.84 Å². The quantitative estimate of drug-likeness (QED) is 0.536. The van der Waals surface area contributed by atoms with E-state index in [0.29, 0.717) is 51.7 Å². The molecule has 0 saturated heterocycles. The molecule has 4 rings (SSSR count). The number of ether oxygens (including phenoxy) is 1. The van der Waals surface area contributed by atoms with Crippen LogP contribution in [0.3, 0.4) is 0 Å². The summed E-state index contributed by atoms with van der Waals surface area (Å²) in [5.74, 6) is 1.11. The smallest absolute Gasteiger partial charge is 0.215 e. The Morgan fingerprint density at radius 3 is 2.82 bits per heavy atom. The van der Waals surface area contributed by atoms with Gasteiger partial charge in [0, 0.05) is 23.4 Å². The van der Waals surface area contributed by atoms with Crippen LogP contribution < -0.4 is 4.74 Å². The maximum Gasteiger partial charge on any atom is 0.215 e. The number of hydrogen-bond acceptors (Lipinski definition) is 6. The zero-order valence-electron chi connectivity index (χ0n) is 15.5. The molecule has 3 heterocycles. The summed E-state index contributed by atoms with van der Waals surface area (Å²) in [6.45, 7) is 4.21. The van der Waals surface area contributed by atoms with E-state index < -0.39 is 0 Å². The molecule has 0 spiro atoms. The minimum Gasteiger partial charge on any atom is -0.506 e. The number of fused-ring (bicyclic) bond motifs is 1. The highest BCUT2D eigenvalue weighted by Gasteiger charge is 2.19. The van der Waals surface area contributed by atoms with Gasteiger partial charge in [0.25, 0.3) is 0 Å². The van der Waals surface area contributed by atoms with Crippen molar-refractivity contribution < 1.29 is 14.6 Å². The van der Waals surface area contributed by atoms with Gasteiger partial charge in [0.2, 0.25) is 5.88 Å². The molecule has 1 aromatic carbocycles. The number of aromatic hydroxyl groups is 1. The van der Waals surface area contributed by atoms with Crippen molar-refractivity contribution in [3.8, 4) is 28.6 Å². The Labute approximate surface area is 161 Å². The predicted molar refractivity (Wildman–Crippen MR) is 105 cm³/mol. The van der Waals surface area contributed by atoms with Crippen molar-refractivity contribution in [2.45, 2.75) is 13.8 Å². The largest absolute Gasteiger partial charge is 0.506 e. The lowest BCUT2D eigenvalue weighted by molar-refractivity contribution is 0.112. The predicted octanol–water partition coefficient (Wildman–Crippen LogP) is 3.71. The normalized spacial score (nSPS) is 10.9. The van der Waals surface area contributed by atoms with Crippen molar-refractivity contribution in [1.29, 1.82) is 0 Å². The van der Waals surface area contributed by atoms with E-state index in [1.54, 1.807) is 48.1 Å². The second-order valence-electron chi connectivity index (χ2n) is 6.23. The average molecular weight is 374 g/mol. The standard InChI is InChI=1S/C21H18N4O3/c1-3-28-18-9-5-8-17(23-18)25-21-19(13(2)24-25)20(27)16(11-22-21)15-7-4-6-14(10-15)12-26/h4-12H,3H2,1-2H3,(H,22,27). The number of pyridine rings is 2. The molecule has 0 bridgehead atoms. The SMILES string of the molecule is CCOc1cccc(-n2nc(C)c3c(O)c(-c4cccc(C=O)c4)cnc32)n1. The van der Waals surface area contributed by atoms with Gasteiger partial charge >= 0.3 is 0 Å². The van der Waals surface area contributed by atoms with E-state index in [1.807, 2.05) is 19.1 Å². The van der Waals surface area contributed by atoms with Crippen molar-refractivity contribution in [2.24, 2.45) is 0 Å². The highest BCUT2D eigenvalue weighted by atomic mass is 16.5. The third kappa shape index (κ3) is 2.96. The van der Waals surface area contributed by atoms with Crippen LogP contribution in [0.4, 0.5) is 0 Å². The Morgan fingerprint density at radius 2 is 2.04 bits per heavy atom.